The Hall–Kier alpha value is -1.36. The number of hydrogen-bond donors (Lipinski definition) is 2. The number of nitrogens with one attached hydrogen (secondary N) is 2. The van der Waals surface area contributed by atoms with Gasteiger partial charge in [-0.2, -0.15) is 5.10 Å². The van der Waals surface area contributed by atoms with Crippen LogP contribution < -0.4 is 10.6 Å². The lowest BCUT2D eigenvalue weighted by Gasteiger charge is -2.14. The third-order valence-electron chi connectivity index (χ3n) is 2.70. The first-order valence-electron chi connectivity index (χ1n) is 6.55. The molecule has 0 aliphatic heterocycles. The predicted molar refractivity (Wildman–Crippen MR) is 72.1 cm³/mol. The molecule has 0 aromatic carbocycles. The van der Waals surface area contributed by atoms with Crippen molar-refractivity contribution in [3.8, 4) is 0 Å². The van der Waals surface area contributed by atoms with Crippen molar-refractivity contribution in [2.75, 3.05) is 6.54 Å². The lowest BCUT2D eigenvalue weighted by atomic mass is 10.2. The molecular weight excluding hydrogens is 228 g/mol. The first-order chi connectivity index (χ1) is 8.52. The Morgan fingerprint density at radius 2 is 2.17 bits per heavy atom. The standard InChI is InChI=1S/C13H24N4O/c1-5-17-9-12(8-16-17)7-14-11(4)13(18)15-6-10(2)3/h8-11,14H,5-7H2,1-4H3,(H,15,18). The first kappa shape index (κ1) is 14.7. The number of hydrogen-bond acceptors (Lipinski definition) is 3. The number of aromatic nitrogens is 2. The molecule has 1 heterocycles. The van der Waals surface area contributed by atoms with Crippen LogP contribution in [0.2, 0.25) is 0 Å². The van der Waals surface area contributed by atoms with Gasteiger partial charge in [-0.15, -0.1) is 0 Å². The average molecular weight is 252 g/mol. The van der Waals surface area contributed by atoms with Gasteiger partial charge in [-0.1, -0.05) is 13.8 Å². The minimum absolute atomic E-state index is 0.0478. The van der Waals surface area contributed by atoms with Gasteiger partial charge in [0.25, 0.3) is 0 Å². The second-order valence-corrected chi connectivity index (χ2v) is 4.95. The SMILES string of the molecule is CCn1cc(CNC(C)C(=O)NCC(C)C)cn1. The van der Waals surface area contributed by atoms with E-state index < -0.39 is 0 Å². The van der Waals surface area contributed by atoms with Crippen LogP contribution >= 0.6 is 0 Å². The minimum Gasteiger partial charge on any atom is -0.354 e. The van der Waals surface area contributed by atoms with Gasteiger partial charge in [0, 0.05) is 31.4 Å². The van der Waals surface area contributed by atoms with Crippen molar-refractivity contribution < 1.29 is 4.79 Å². The molecule has 0 saturated carbocycles. The van der Waals surface area contributed by atoms with Gasteiger partial charge < -0.3 is 10.6 Å². The summed E-state index contributed by atoms with van der Waals surface area (Å²) in [5.74, 6) is 0.524. The maximum absolute atomic E-state index is 11.7. The zero-order chi connectivity index (χ0) is 13.5. The van der Waals surface area contributed by atoms with E-state index in [1.54, 1.807) is 0 Å². The molecule has 18 heavy (non-hydrogen) atoms. The van der Waals surface area contributed by atoms with E-state index in [4.69, 9.17) is 0 Å². The molecule has 0 aliphatic rings. The minimum atomic E-state index is -0.186. The van der Waals surface area contributed by atoms with E-state index in [0.29, 0.717) is 12.5 Å². The van der Waals surface area contributed by atoms with E-state index in [1.807, 2.05) is 30.9 Å². The number of aryl methyl sites for hydroxylation is 1. The van der Waals surface area contributed by atoms with Crippen LogP contribution in [-0.2, 0) is 17.9 Å². The van der Waals surface area contributed by atoms with Gasteiger partial charge in [-0.05, 0) is 19.8 Å². The summed E-state index contributed by atoms with van der Waals surface area (Å²) in [4.78, 5) is 11.7. The lowest BCUT2D eigenvalue weighted by molar-refractivity contribution is -0.122. The van der Waals surface area contributed by atoms with Crippen LogP contribution in [0.3, 0.4) is 0 Å². The van der Waals surface area contributed by atoms with Gasteiger partial charge >= 0.3 is 0 Å². The second-order valence-electron chi connectivity index (χ2n) is 4.95. The molecule has 0 fully saturated rings. The normalized spacial score (nSPS) is 12.7. The molecule has 0 aliphatic carbocycles. The van der Waals surface area contributed by atoms with Gasteiger partial charge in [0.2, 0.25) is 5.91 Å². The number of rotatable bonds is 7. The van der Waals surface area contributed by atoms with E-state index in [1.165, 1.54) is 0 Å². The van der Waals surface area contributed by atoms with Crippen LogP contribution in [0.5, 0.6) is 0 Å². The van der Waals surface area contributed by atoms with Gasteiger partial charge in [0.05, 0.1) is 12.2 Å². The fourth-order valence-corrected chi connectivity index (χ4v) is 1.49. The topological polar surface area (TPSA) is 59.0 Å². The summed E-state index contributed by atoms with van der Waals surface area (Å²) in [6.07, 6.45) is 3.82. The molecule has 0 spiro atoms. The summed E-state index contributed by atoms with van der Waals surface area (Å²) in [6.45, 7) is 10.3. The van der Waals surface area contributed by atoms with Crippen molar-refractivity contribution in [1.82, 2.24) is 20.4 Å². The molecule has 102 valence electrons. The number of amides is 1. The van der Waals surface area contributed by atoms with E-state index in [9.17, 15) is 4.79 Å². The molecule has 5 heteroatoms. The summed E-state index contributed by atoms with van der Waals surface area (Å²) < 4.78 is 1.88. The van der Waals surface area contributed by atoms with Crippen LogP contribution in [0.15, 0.2) is 12.4 Å². The molecule has 1 aromatic heterocycles. The van der Waals surface area contributed by atoms with Crippen LogP contribution in [0, 0.1) is 5.92 Å². The van der Waals surface area contributed by atoms with E-state index >= 15 is 0 Å². The molecule has 1 aromatic rings. The zero-order valence-corrected chi connectivity index (χ0v) is 11.7. The van der Waals surface area contributed by atoms with Gasteiger partial charge in [-0.3, -0.25) is 9.48 Å². The Balaban J connectivity index is 2.31. The fraction of sp³-hybridized carbons (Fsp3) is 0.692. The second kappa shape index (κ2) is 7.16. The highest BCUT2D eigenvalue weighted by Crippen LogP contribution is 1.98. The Labute approximate surface area is 109 Å². The van der Waals surface area contributed by atoms with Crippen LogP contribution in [-0.4, -0.2) is 28.3 Å². The van der Waals surface area contributed by atoms with Crippen LogP contribution in [0.4, 0.5) is 0 Å². The van der Waals surface area contributed by atoms with Crippen LogP contribution in [0.25, 0.3) is 0 Å². The van der Waals surface area contributed by atoms with Gasteiger partial charge in [0.1, 0.15) is 0 Å². The monoisotopic (exact) mass is 252 g/mol. The molecule has 0 radical (unpaired) electrons. The average Bonchev–Trinajstić information content (AvgIpc) is 2.80. The summed E-state index contributed by atoms with van der Waals surface area (Å²) in [7, 11) is 0. The van der Waals surface area contributed by atoms with Crippen LogP contribution in [0.1, 0.15) is 33.3 Å². The third kappa shape index (κ3) is 4.87. The lowest BCUT2D eigenvalue weighted by Crippen LogP contribution is -2.42. The number of nitrogens with zero attached hydrogens (tertiary/aromatic N) is 2. The van der Waals surface area contributed by atoms with Crippen molar-refractivity contribution >= 4 is 5.91 Å². The molecule has 1 unspecified atom stereocenters. The maximum atomic E-state index is 11.7. The van der Waals surface area contributed by atoms with Gasteiger partial charge in [-0.25, -0.2) is 0 Å². The van der Waals surface area contributed by atoms with Crippen molar-refractivity contribution in [2.45, 2.75) is 46.8 Å². The molecule has 0 saturated heterocycles. The van der Waals surface area contributed by atoms with Crippen molar-refractivity contribution in [1.29, 1.82) is 0 Å². The smallest absolute Gasteiger partial charge is 0.236 e. The summed E-state index contributed by atoms with van der Waals surface area (Å²) >= 11 is 0. The first-order valence-corrected chi connectivity index (χ1v) is 6.55. The largest absolute Gasteiger partial charge is 0.354 e. The van der Waals surface area contributed by atoms with E-state index in [2.05, 4.69) is 29.6 Å². The molecule has 1 atom stereocenters. The molecule has 5 nitrogen and oxygen atoms in total. The quantitative estimate of drug-likeness (QED) is 0.765. The molecular formula is C13H24N4O. The third-order valence-corrected chi connectivity index (χ3v) is 2.70. The van der Waals surface area contributed by atoms with E-state index in [0.717, 1.165) is 18.7 Å². The Morgan fingerprint density at radius 1 is 1.44 bits per heavy atom. The molecule has 1 amide bonds. The Kier molecular flexibility index (Phi) is 5.85. The molecule has 2 N–H and O–H groups in total. The maximum Gasteiger partial charge on any atom is 0.236 e. The molecule has 0 bridgehead atoms. The summed E-state index contributed by atoms with van der Waals surface area (Å²) in [5, 5.41) is 10.3. The zero-order valence-electron chi connectivity index (χ0n) is 11.7. The summed E-state index contributed by atoms with van der Waals surface area (Å²) in [5.41, 5.74) is 1.10. The highest BCUT2D eigenvalue weighted by atomic mass is 16.2. The Morgan fingerprint density at radius 3 is 2.72 bits per heavy atom. The Bertz CT molecular complexity index is 373. The summed E-state index contributed by atoms with van der Waals surface area (Å²) in [6, 6.07) is -0.186. The highest BCUT2D eigenvalue weighted by molar-refractivity contribution is 5.81. The van der Waals surface area contributed by atoms with Crippen molar-refractivity contribution in [2.24, 2.45) is 5.92 Å². The fourth-order valence-electron chi connectivity index (χ4n) is 1.49. The molecule has 1 rings (SSSR count). The predicted octanol–water partition coefficient (Wildman–Crippen LogP) is 1.15. The van der Waals surface area contributed by atoms with Gasteiger partial charge in [0.15, 0.2) is 0 Å². The van der Waals surface area contributed by atoms with Crippen molar-refractivity contribution in [3.05, 3.63) is 18.0 Å². The highest BCUT2D eigenvalue weighted by Gasteiger charge is 2.12. The number of carbonyl (C=O) groups excluding carboxylic acids is 1. The van der Waals surface area contributed by atoms with Crippen molar-refractivity contribution in [3.63, 3.8) is 0 Å². The van der Waals surface area contributed by atoms with E-state index in [-0.39, 0.29) is 11.9 Å². The number of carbonyl (C=O) groups is 1.